The quantitative estimate of drug-likeness (QED) is 0.845. The Morgan fingerprint density at radius 1 is 1.56 bits per heavy atom. The number of hydrogen-bond donors (Lipinski definition) is 2. The summed E-state index contributed by atoms with van der Waals surface area (Å²) >= 11 is 0. The molecule has 0 bridgehead atoms. The van der Waals surface area contributed by atoms with Crippen LogP contribution in [0.2, 0.25) is 0 Å². The fourth-order valence-electron chi connectivity index (χ4n) is 2.18. The number of hydrogen-bond acceptors (Lipinski definition) is 3. The second-order valence-electron chi connectivity index (χ2n) is 4.78. The highest BCUT2D eigenvalue weighted by Gasteiger charge is 2.13. The Morgan fingerprint density at radius 3 is 3.00 bits per heavy atom. The minimum atomic E-state index is -0.387. The minimum absolute atomic E-state index is 0.300. The third-order valence-corrected chi connectivity index (χ3v) is 3.35. The Balaban J connectivity index is 1.94. The molecule has 1 heterocycles. The monoisotopic (exact) mass is 248 g/mol. The molecule has 2 rings (SSSR count). The predicted molar refractivity (Wildman–Crippen MR) is 70.4 cm³/mol. The topological polar surface area (TPSA) is 64.4 Å². The Labute approximate surface area is 108 Å². The van der Waals surface area contributed by atoms with E-state index in [1.165, 1.54) is 6.42 Å². The SMILES string of the molecule is Cc1cc(C(N)=O)ccc1COC1CCCNC1. The predicted octanol–water partition coefficient (Wildman–Crippen LogP) is 1.36. The average Bonchev–Trinajstić information content (AvgIpc) is 2.38. The number of nitrogens with one attached hydrogen (secondary N) is 1. The standard InChI is InChI=1S/C14H20N2O2/c1-10-7-11(14(15)17)4-5-12(10)9-18-13-3-2-6-16-8-13/h4-5,7,13,16H,2-3,6,8-9H2,1H3,(H2,15,17). The summed E-state index contributed by atoms with van der Waals surface area (Å²) in [5.74, 6) is -0.387. The van der Waals surface area contributed by atoms with Crippen LogP contribution in [0.5, 0.6) is 0 Å². The molecule has 0 spiro atoms. The fraction of sp³-hybridized carbons (Fsp3) is 0.500. The zero-order chi connectivity index (χ0) is 13.0. The Hall–Kier alpha value is -1.39. The summed E-state index contributed by atoms with van der Waals surface area (Å²) in [5.41, 5.74) is 7.96. The fourth-order valence-corrected chi connectivity index (χ4v) is 2.18. The summed E-state index contributed by atoms with van der Waals surface area (Å²) in [6, 6.07) is 5.50. The van der Waals surface area contributed by atoms with Crippen LogP contribution in [0.4, 0.5) is 0 Å². The molecule has 1 aliphatic heterocycles. The van der Waals surface area contributed by atoms with E-state index in [4.69, 9.17) is 10.5 Å². The second-order valence-corrected chi connectivity index (χ2v) is 4.78. The third-order valence-electron chi connectivity index (χ3n) is 3.35. The van der Waals surface area contributed by atoms with Crippen LogP contribution in [0, 0.1) is 6.92 Å². The van der Waals surface area contributed by atoms with E-state index in [1.807, 2.05) is 19.1 Å². The van der Waals surface area contributed by atoms with Gasteiger partial charge in [-0.05, 0) is 49.6 Å². The first-order valence-electron chi connectivity index (χ1n) is 6.38. The number of benzene rings is 1. The maximum Gasteiger partial charge on any atom is 0.248 e. The van der Waals surface area contributed by atoms with E-state index in [2.05, 4.69) is 5.32 Å². The van der Waals surface area contributed by atoms with Crippen molar-refractivity contribution in [2.24, 2.45) is 5.73 Å². The highest BCUT2D eigenvalue weighted by molar-refractivity contribution is 5.93. The molecule has 3 N–H and O–H groups in total. The van der Waals surface area contributed by atoms with E-state index < -0.39 is 0 Å². The van der Waals surface area contributed by atoms with Crippen molar-refractivity contribution in [3.63, 3.8) is 0 Å². The summed E-state index contributed by atoms with van der Waals surface area (Å²) in [5, 5.41) is 3.32. The average molecular weight is 248 g/mol. The lowest BCUT2D eigenvalue weighted by atomic mass is 10.1. The molecule has 1 atom stereocenters. The van der Waals surface area contributed by atoms with Gasteiger partial charge in [-0.25, -0.2) is 0 Å². The van der Waals surface area contributed by atoms with Crippen LogP contribution in [-0.2, 0) is 11.3 Å². The Kier molecular flexibility index (Phi) is 4.33. The third kappa shape index (κ3) is 3.31. The van der Waals surface area contributed by atoms with Gasteiger partial charge in [0.05, 0.1) is 12.7 Å². The van der Waals surface area contributed by atoms with E-state index in [9.17, 15) is 4.79 Å². The number of ether oxygens (including phenoxy) is 1. The van der Waals surface area contributed by atoms with Gasteiger partial charge in [0, 0.05) is 12.1 Å². The lowest BCUT2D eigenvalue weighted by molar-refractivity contribution is 0.0250. The van der Waals surface area contributed by atoms with Gasteiger partial charge in [0.15, 0.2) is 0 Å². The van der Waals surface area contributed by atoms with E-state index in [0.717, 1.165) is 30.6 Å². The number of nitrogens with two attached hydrogens (primary N) is 1. The first-order chi connectivity index (χ1) is 8.66. The maximum atomic E-state index is 11.1. The lowest BCUT2D eigenvalue weighted by Crippen LogP contribution is -2.35. The number of carbonyl (C=O) groups is 1. The highest BCUT2D eigenvalue weighted by atomic mass is 16.5. The summed E-state index contributed by atoms with van der Waals surface area (Å²) in [4.78, 5) is 11.1. The van der Waals surface area contributed by atoms with Crippen molar-refractivity contribution in [1.29, 1.82) is 0 Å². The van der Waals surface area contributed by atoms with Crippen LogP contribution >= 0.6 is 0 Å². The normalized spacial score (nSPS) is 19.7. The molecule has 1 amide bonds. The van der Waals surface area contributed by atoms with Crippen LogP contribution in [0.3, 0.4) is 0 Å². The zero-order valence-electron chi connectivity index (χ0n) is 10.7. The summed E-state index contributed by atoms with van der Waals surface area (Å²) in [6.45, 7) is 4.59. The van der Waals surface area contributed by atoms with E-state index in [0.29, 0.717) is 18.3 Å². The van der Waals surface area contributed by atoms with Gasteiger partial charge in [0.1, 0.15) is 0 Å². The molecular formula is C14H20N2O2. The minimum Gasteiger partial charge on any atom is -0.372 e. The van der Waals surface area contributed by atoms with Gasteiger partial charge in [-0.3, -0.25) is 4.79 Å². The first kappa shape index (κ1) is 13.1. The molecule has 1 unspecified atom stereocenters. The van der Waals surface area contributed by atoms with Crippen molar-refractivity contribution in [3.8, 4) is 0 Å². The molecule has 4 heteroatoms. The van der Waals surface area contributed by atoms with Gasteiger partial charge in [-0.2, -0.15) is 0 Å². The molecular weight excluding hydrogens is 228 g/mol. The van der Waals surface area contributed by atoms with Crippen molar-refractivity contribution in [2.75, 3.05) is 13.1 Å². The van der Waals surface area contributed by atoms with Crippen LogP contribution in [0.25, 0.3) is 0 Å². The van der Waals surface area contributed by atoms with Gasteiger partial charge >= 0.3 is 0 Å². The van der Waals surface area contributed by atoms with Crippen molar-refractivity contribution >= 4 is 5.91 Å². The molecule has 1 aliphatic rings. The largest absolute Gasteiger partial charge is 0.372 e. The zero-order valence-corrected chi connectivity index (χ0v) is 10.7. The summed E-state index contributed by atoms with van der Waals surface area (Å²) in [7, 11) is 0. The van der Waals surface area contributed by atoms with Crippen LogP contribution < -0.4 is 11.1 Å². The van der Waals surface area contributed by atoms with Crippen molar-refractivity contribution in [3.05, 3.63) is 34.9 Å². The maximum absolute atomic E-state index is 11.1. The Morgan fingerprint density at radius 2 is 2.39 bits per heavy atom. The van der Waals surface area contributed by atoms with Gasteiger partial charge < -0.3 is 15.8 Å². The second kappa shape index (κ2) is 5.98. The van der Waals surface area contributed by atoms with Crippen molar-refractivity contribution in [1.82, 2.24) is 5.32 Å². The number of piperidine rings is 1. The molecule has 1 fully saturated rings. The van der Waals surface area contributed by atoms with Crippen LogP contribution in [0.15, 0.2) is 18.2 Å². The molecule has 1 aromatic carbocycles. The van der Waals surface area contributed by atoms with Crippen LogP contribution in [0.1, 0.15) is 34.3 Å². The molecule has 0 saturated carbocycles. The number of rotatable bonds is 4. The number of carbonyl (C=O) groups excluding carboxylic acids is 1. The number of aryl methyl sites for hydroxylation is 1. The molecule has 0 aliphatic carbocycles. The molecule has 1 saturated heterocycles. The van der Waals surface area contributed by atoms with Crippen LogP contribution in [-0.4, -0.2) is 25.1 Å². The summed E-state index contributed by atoms with van der Waals surface area (Å²) < 4.78 is 5.87. The van der Waals surface area contributed by atoms with Gasteiger partial charge in [0.2, 0.25) is 5.91 Å². The first-order valence-corrected chi connectivity index (χ1v) is 6.38. The lowest BCUT2D eigenvalue weighted by Gasteiger charge is -2.23. The number of primary amides is 1. The number of amides is 1. The molecule has 4 nitrogen and oxygen atoms in total. The van der Waals surface area contributed by atoms with E-state index in [1.54, 1.807) is 6.07 Å². The smallest absolute Gasteiger partial charge is 0.248 e. The molecule has 98 valence electrons. The summed E-state index contributed by atoms with van der Waals surface area (Å²) in [6.07, 6.45) is 2.59. The van der Waals surface area contributed by atoms with Crippen molar-refractivity contribution in [2.45, 2.75) is 32.5 Å². The van der Waals surface area contributed by atoms with Crippen molar-refractivity contribution < 1.29 is 9.53 Å². The van der Waals surface area contributed by atoms with Gasteiger partial charge in [-0.15, -0.1) is 0 Å². The molecule has 1 aromatic rings. The van der Waals surface area contributed by atoms with Gasteiger partial charge in [0.25, 0.3) is 0 Å². The van der Waals surface area contributed by atoms with E-state index >= 15 is 0 Å². The molecule has 0 aromatic heterocycles. The Bertz CT molecular complexity index is 426. The molecule has 0 radical (unpaired) electrons. The van der Waals surface area contributed by atoms with E-state index in [-0.39, 0.29) is 5.91 Å². The highest BCUT2D eigenvalue weighted by Crippen LogP contribution is 2.15. The molecule has 18 heavy (non-hydrogen) atoms. The van der Waals surface area contributed by atoms with Gasteiger partial charge in [-0.1, -0.05) is 6.07 Å².